The molecule has 6 heteroatoms. The maximum absolute atomic E-state index is 13.4. The van der Waals surface area contributed by atoms with E-state index in [-0.39, 0.29) is 16.3 Å². The summed E-state index contributed by atoms with van der Waals surface area (Å²) in [5.41, 5.74) is 2.96. The van der Waals surface area contributed by atoms with Gasteiger partial charge in [-0.25, -0.2) is 9.18 Å². The monoisotopic (exact) mass is 398 g/mol. The van der Waals surface area contributed by atoms with Gasteiger partial charge < -0.3 is 9.97 Å². The summed E-state index contributed by atoms with van der Waals surface area (Å²) < 4.78 is 14.2. The molecule has 0 spiro atoms. The van der Waals surface area contributed by atoms with Gasteiger partial charge in [-0.3, -0.25) is 0 Å². The van der Waals surface area contributed by atoms with E-state index in [2.05, 4.69) is 41.8 Å². The first-order valence-corrected chi connectivity index (χ1v) is 7.56. The minimum absolute atomic E-state index is 0.171. The van der Waals surface area contributed by atoms with Gasteiger partial charge in [0.2, 0.25) is 0 Å². The summed E-state index contributed by atoms with van der Waals surface area (Å²) in [6.45, 7) is 0. The maximum atomic E-state index is 13.4. The van der Waals surface area contributed by atoms with Gasteiger partial charge in [-0.05, 0) is 41.5 Å². The number of aromatic nitrogens is 2. The highest BCUT2D eigenvalue weighted by molar-refractivity contribution is 9.11. The zero-order valence-corrected chi connectivity index (χ0v) is 13.3. The van der Waals surface area contributed by atoms with Crippen molar-refractivity contribution in [3.05, 3.63) is 68.3 Å². The summed E-state index contributed by atoms with van der Waals surface area (Å²) in [6.07, 6.45) is 0. The molecule has 3 nitrogen and oxygen atoms in total. The van der Waals surface area contributed by atoms with Crippen LogP contribution < -0.4 is 5.69 Å². The number of aromatic amines is 2. The second-order valence-electron chi connectivity index (χ2n) is 4.41. The van der Waals surface area contributed by atoms with Crippen molar-refractivity contribution in [3.63, 3.8) is 0 Å². The van der Waals surface area contributed by atoms with Gasteiger partial charge in [0.1, 0.15) is 5.82 Å². The lowest BCUT2D eigenvalue weighted by Crippen LogP contribution is -1.99. The van der Waals surface area contributed by atoms with Crippen LogP contribution in [0.3, 0.4) is 0 Å². The van der Waals surface area contributed by atoms with Gasteiger partial charge in [0, 0.05) is 4.47 Å². The highest BCUT2D eigenvalue weighted by Gasteiger charge is 2.15. The van der Waals surface area contributed by atoms with E-state index in [1.165, 1.54) is 12.1 Å². The second-order valence-corrected chi connectivity index (χ2v) is 6.18. The normalized spacial score (nSPS) is 12.8. The Morgan fingerprint density at radius 2 is 1.80 bits per heavy atom. The van der Waals surface area contributed by atoms with Crippen molar-refractivity contribution in [1.29, 1.82) is 0 Å². The SMILES string of the molecule is O=c1[nH]c2ccc(C(Br)c3cc(F)ccc3Br)cc2[nH]1. The molecule has 102 valence electrons. The molecule has 0 aliphatic heterocycles. The van der Waals surface area contributed by atoms with E-state index in [0.29, 0.717) is 0 Å². The maximum Gasteiger partial charge on any atom is 0.323 e. The van der Waals surface area contributed by atoms with E-state index in [1.54, 1.807) is 6.07 Å². The average molecular weight is 400 g/mol. The first kappa shape index (κ1) is 13.6. The molecule has 2 N–H and O–H groups in total. The van der Waals surface area contributed by atoms with E-state index in [0.717, 1.165) is 26.6 Å². The molecule has 0 aliphatic rings. The first-order valence-electron chi connectivity index (χ1n) is 5.85. The molecule has 1 unspecified atom stereocenters. The summed E-state index contributed by atoms with van der Waals surface area (Å²) in [6, 6.07) is 10.1. The smallest absolute Gasteiger partial charge is 0.306 e. The predicted molar refractivity (Wildman–Crippen MR) is 83.8 cm³/mol. The molecule has 0 saturated heterocycles. The van der Waals surface area contributed by atoms with Gasteiger partial charge in [0.05, 0.1) is 15.9 Å². The third-order valence-electron chi connectivity index (χ3n) is 3.06. The Morgan fingerprint density at radius 3 is 2.60 bits per heavy atom. The fourth-order valence-electron chi connectivity index (χ4n) is 2.10. The Bertz CT molecular complexity index is 841. The van der Waals surface area contributed by atoms with Crippen LogP contribution in [0.25, 0.3) is 11.0 Å². The Kier molecular flexibility index (Phi) is 3.52. The molecule has 3 aromatic rings. The fourth-order valence-corrected chi connectivity index (χ4v) is 3.54. The highest BCUT2D eigenvalue weighted by atomic mass is 79.9. The second kappa shape index (κ2) is 5.18. The summed E-state index contributed by atoms with van der Waals surface area (Å²) in [5.74, 6) is -0.288. The van der Waals surface area contributed by atoms with Crippen molar-refractivity contribution < 1.29 is 4.39 Å². The quantitative estimate of drug-likeness (QED) is 0.622. The third-order valence-corrected chi connectivity index (χ3v) is 4.81. The number of alkyl halides is 1. The molecule has 0 radical (unpaired) electrons. The zero-order valence-electron chi connectivity index (χ0n) is 10.1. The standard InChI is InChI=1S/C14H9Br2FN2O/c15-10-3-2-8(17)6-9(10)13(16)7-1-4-11-12(5-7)19-14(20)18-11/h1-6,13H,(H2,18,19,20). The van der Waals surface area contributed by atoms with Crippen LogP contribution in [0.15, 0.2) is 45.7 Å². The molecule has 0 amide bonds. The average Bonchev–Trinajstić information content (AvgIpc) is 2.79. The lowest BCUT2D eigenvalue weighted by Gasteiger charge is -2.13. The molecule has 0 aliphatic carbocycles. The molecule has 1 heterocycles. The molecule has 20 heavy (non-hydrogen) atoms. The Balaban J connectivity index is 2.09. The molecule has 0 saturated carbocycles. The van der Waals surface area contributed by atoms with Crippen LogP contribution >= 0.6 is 31.9 Å². The summed E-state index contributed by atoms with van der Waals surface area (Å²) in [4.78, 5) is 16.5. The minimum Gasteiger partial charge on any atom is -0.306 e. The number of hydrogen-bond acceptors (Lipinski definition) is 1. The van der Waals surface area contributed by atoms with Crippen LogP contribution in [0.2, 0.25) is 0 Å². The topological polar surface area (TPSA) is 48.6 Å². The summed E-state index contributed by atoms with van der Waals surface area (Å²) >= 11 is 6.99. The van der Waals surface area contributed by atoms with Crippen molar-refractivity contribution in [2.75, 3.05) is 0 Å². The van der Waals surface area contributed by atoms with Crippen molar-refractivity contribution >= 4 is 42.9 Å². The molecule has 1 atom stereocenters. The number of rotatable bonds is 2. The van der Waals surface area contributed by atoms with Gasteiger partial charge in [0.15, 0.2) is 0 Å². The van der Waals surface area contributed by atoms with Gasteiger partial charge in [0.25, 0.3) is 0 Å². The van der Waals surface area contributed by atoms with Gasteiger partial charge >= 0.3 is 5.69 Å². The van der Waals surface area contributed by atoms with Gasteiger partial charge in [-0.2, -0.15) is 0 Å². The predicted octanol–water partition coefficient (Wildman–Crippen LogP) is 4.24. The minimum atomic E-state index is -0.288. The molecular formula is C14H9Br2FN2O. The molecule has 1 aromatic heterocycles. The number of nitrogens with one attached hydrogen (secondary N) is 2. The fraction of sp³-hybridized carbons (Fsp3) is 0.0714. The number of imidazole rings is 1. The molecular weight excluding hydrogens is 391 g/mol. The first-order chi connectivity index (χ1) is 9.54. The molecule has 3 rings (SSSR count). The Labute approximate surface area is 130 Å². The van der Waals surface area contributed by atoms with Crippen molar-refractivity contribution in [2.45, 2.75) is 4.83 Å². The van der Waals surface area contributed by atoms with Crippen molar-refractivity contribution in [1.82, 2.24) is 9.97 Å². The van der Waals surface area contributed by atoms with Crippen LogP contribution in [0.5, 0.6) is 0 Å². The zero-order chi connectivity index (χ0) is 14.3. The Hall–Kier alpha value is -1.40. The lowest BCUT2D eigenvalue weighted by molar-refractivity contribution is 0.625. The highest BCUT2D eigenvalue weighted by Crippen LogP contribution is 2.36. The number of benzene rings is 2. The van der Waals surface area contributed by atoms with E-state index in [9.17, 15) is 9.18 Å². The van der Waals surface area contributed by atoms with E-state index in [4.69, 9.17) is 0 Å². The van der Waals surface area contributed by atoms with Crippen molar-refractivity contribution in [3.8, 4) is 0 Å². The van der Waals surface area contributed by atoms with Crippen LogP contribution in [0.1, 0.15) is 16.0 Å². The summed E-state index contributed by atoms with van der Waals surface area (Å²) in [5, 5.41) is 0. The number of halogens is 3. The third kappa shape index (κ3) is 2.45. The molecule has 0 fully saturated rings. The largest absolute Gasteiger partial charge is 0.323 e. The summed E-state index contributed by atoms with van der Waals surface area (Å²) in [7, 11) is 0. The van der Waals surface area contributed by atoms with Crippen LogP contribution in [-0.2, 0) is 0 Å². The molecule has 0 bridgehead atoms. The number of hydrogen-bond donors (Lipinski definition) is 2. The number of H-pyrrole nitrogens is 2. The van der Waals surface area contributed by atoms with E-state index >= 15 is 0 Å². The van der Waals surface area contributed by atoms with Crippen LogP contribution in [0, 0.1) is 5.82 Å². The van der Waals surface area contributed by atoms with E-state index in [1.807, 2.05) is 18.2 Å². The van der Waals surface area contributed by atoms with Crippen LogP contribution in [0.4, 0.5) is 4.39 Å². The molecule has 2 aromatic carbocycles. The lowest BCUT2D eigenvalue weighted by atomic mass is 10.0. The van der Waals surface area contributed by atoms with Gasteiger partial charge in [-0.15, -0.1) is 0 Å². The van der Waals surface area contributed by atoms with Crippen molar-refractivity contribution in [2.24, 2.45) is 0 Å². The van der Waals surface area contributed by atoms with E-state index < -0.39 is 0 Å². The number of fused-ring (bicyclic) bond motifs is 1. The van der Waals surface area contributed by atoms with Crippen LogP contribution in [-0.4, -0.2) is 9.97 Å². The Morgan fingerprint density at radius 1 is 1.05 bits per heavy atom. The van der Waals surface area contributed by atoms with Gasteiger partial charge in [-0.1, -0.05) is 37.9 Å².